The summed E-state index contributed by atoms with van der Waals surface area (Å²) < 4.78 is 39.4. The van der Waals surface area contributed by atoms with Gasteiger partial charge in [-0.3, -0.25) is 5.01 Å². The van der Waals surface area contributed by atoms with Gasteiger partial charge in [-0.1, -0.05) is 42.5 Å². The molecule has 0 spiro atoms. The molecule has 0 saturated heterocycles. The molecule has 3 aromatic carbocycles. The van der Waals surface area contributed by atoms with Crippen LogP contribution in [0.25, 0.3) is 0 Å². The molecule has 0 amide bonds. The van der Waals surface area contributed by atoms with Gasteiger partial charge in [-0.2, -0.15) is 5.10 Å². The lowest BCUT2D eigenvalue weighted by atomic mass is 9.95. The fraction of sp³-hybridized carbons (Fsp3) is 0.0952. The minimum Gasteiger partial charge on any atom is -0.260 e. The number of anilines is 1. The van der Waals surface area contributed by atoms with E-state index in [4.69, 9.17) is 0 Å². The molecule has 5 heteroatoms. The summed E-state index contributed by atoms with van der Waals surface area (Å²) >= 11 is 0. The predicted octanol–water partition coefficient (Wildman–Crippen LogP) is 5.54. The van der Waals surface area contributed by atoms with E-state index in [-0.39, 0.29) is 11.4 Å². The fourth-order valence-corrected chi connectivity index (χ4v) is 3.06. The van der Waals surface area contributed by atoms with Gasteiger partial charge in [-0.15, -0.1) is 0 Å². The Balaban J connectivity index is 1.83. The van der Waals surface area contributed by atoms with Gasteiger partial charge in [0.2, 0.25) is 0 Å². The smallest absolute Gasteiger partial charge is 0.260 e. The highest BCUT2D eigenvalue weighted by atomic mass is 19.3. The van der Waals surface area contributed by atoms with Gasteiger partial charge in [0.05, 0.1) is 17.9 Å². The molecule has 4 rings (SSSR count). The molecule has 0 radical (unpaired) electrons. The second-order valence-corrected chi connectivity index (χ2v) is 6.07. The van der Waals surface area contributed by atoms with Crippen molar-refractivity contribution < 1.29 is 13.2 Å². The topological polar surface area (TPSA) is 15.6 Å². The summed E-state index contributed by atoms with van der Waals surface area (Å²) in [5.41, 5.74) is 3.90. The van der Waals surface area contributed by atoms with Crippen LogP contribution >= 0.6 is 0 Å². The van der Waals surface area contributed by atoms with E-state index in [9.17, 15) is 13.2 Å². The summed E-state index contributed by atoms with van der Waals surface area (Å²) in [5.74, 6) is -0.319. The molecule has 3 aromatic rings. The van der Waals surface area contributed by atoms with Gasteiger partial charge < -0.3 is 0 Å². The lowest BCUT2D eigenvalue weighted by molar-refractivity contribution is 0.151. The highest BCUT2D eigenvalue weighted by molar-refractivity contribution is 6.14. The average molecular weight is 352 g/mol. The molecule has 0 aliphatic carbocycles. The molecular formula is C21H15F3N2. The van der Waals surface area contributed by atoms with Gasteiger partial charge in [0, 0.05) is 16.7 Å². The van der Waals surface area contributed by atoms with Crippen molar-refractivity contribution >= 4 is 11.4 Å². The molecule has 1 aliphatic rings. The maximum atomic E-state index is 13.2. The standard InChI is InChI=1S/C21H15F3N2/c22-17-8-10-18(11-9-17)26-13-16-4-1-2-7-19(16)20(25-26)14-5-3-6-15(12-14)21(23)24/h1-12,21H,13H2. The molecule has 0 aromatic heterocycles. The highest BCUT2D eigenvalue weighted by Gasteiger charge is 2.22. The van der Waals surface area contributed by atoms with Crippen molar-refractivity contribution in [2.75, 3.05) is 5.01 Å². The summed E-state index contributed by atoms with van der Waals surface area (Å²) in [4.78, 5) is 0. The quantitative estimate of drug-likeness (QED) is 0.605. The zero-order chi connectivity index (χ0) is 18.1. The number of alkyl halides is 2. The van der Waals surface area contributed by atoms with Crippen LogP contribution in [0.1, 0.15) is 28.7 Å². The Labute approximate surface area is 149 Å². The van der Waals surface area contributed by atoms with Crippen molar-refractivity contribution in [2.24, 2.45) is 5.10 Å². The van der Waals surface area contributed by atoms with E-state index in [2.05, 4.69) is 5.10 Å². The van der Waals surface area contributed by atoms with Crippen LogP contribution in [0.15, 0.2) is 77.9 Å². The lowest BCUT2D eigenvalue weighted by Gasteiger charge is -2.28. The van der Waals surface area contributed by atoms with Gasteiger partial charge in [0.15, 0.2) is 0 Å². The normalized spacial score (nSPS) is 13.5. The number of rotatable bonds is 3. The molecule has 0 fully saturated rings. The zero-order valence-corrected chi connectivity index (χ0v) is 13.7. The predicted molar refractivity (Wildman–Crippen MR) is 96.1 cm³/mol. The first-order chi connectivity index (χ1) is 12.6. The molecule has 0 unspecified atom stereocenters. The number of hydrogen-bond donors (Lipinski definition) is 0. The Morgan fingerprint density at radius 2 is 1.65 bits per heavy atom. The van der Waals surface area contributed by atoms with Crippen molar-refractivity contribution in [3.05, 3.63) is 101 Å². The van der Waals surface area contributed by atoms with Gasteiger partial charge in [0.1, 0.15) is 5.82 Å². The number of fused-ring (bicyclic) bond motifs is 1. The van der Waals surface area contributed by atoms with Crippen molar-refractivity contribution in [3.63, 3.8) is 0 Å². The Bertz CT molecular complexity index is 965. The Morgan fingerprint density at radius 3 is 2.42 bits per heavy atom. The maximum Gasteiger partial charge on any atom is 0.263 e. The molecule has 0 atom stereocenters. The van der Waals surface area contributed by atoms with E-state index in [0.29, 0.717) is 17.8 Å². The molecule has 26 heavy (non-hydrogen) atoms. The summed E-state index contributed by atoms with van der Waals surface area (Å²) in [6.45, 7) is 0.528. The van der Waals surface area contributed by atoms with Gasteiger partial charge in [0.25, 0.3) is 6.43 Å². The SMILES string of the molecule is Fc1ccc(N2Cc3ccccc3C(c3cccc(C(F)F)c3)=N2)cc1. The van der Waals surface area contributed by atoms with Crippen molar-refractivity contribution in [3.8, 4) is 0 Å². The maximum absolute atomic E-state index is 13.2. The highest BCUT2D eigenvalue weighted by Crippen LogP contribution is 2.28. The first kappa shape index (κ1) is 16.4. The molecule has 0 saturated carbocycles. The monoisotopic (exact) mass is 352 g/mol. The van der Waals surface area contributed by atoms with Crippen LogP contribution < -0.4 is 5.01 Å². The van der Waals surface area contributed by atoms with Crippen LogP contribution in [0.5, 0.6) is 0 Å². The Kier molecular flexibility index (Phi) is 4.21. The van der Waals surface area contributed by atoms with E-state index < -0.39 is 6.43 Å². The molecule has 1 aliphatic heterocycles. The molecule has 2 nitrogen and oxygen atoms in total. The third kappa shape index (κ3) is 3.08. The number of hydrogen-bond acceptors (Lipinski definition) is 2. The average Bonchev–Trinajstić information content (AvgIpc) is 2.68. The second-order valence-electron chi connectivity index (χ2n) is 6.07. The summed E-state index contributed by atoms with van der Waals surface area (Å²) in [6.07, 6.45) is -2.54. The lowest BCUT2D eigenvalue weighted by Crippen LogP contribution is -2.26. The molecule has 0 N–H and O–H groups in total. The number of hydrazone groups is 1. The first-order valence-corrected chi connectivity index (χ1v) is 8.20. The zero-order valence-electron chi connectivity index (χ0n) is 13.7. The number of halogens is 3. The molecular weight excluding hydrogens is 337 g/mol. The van der Waals surface area contributed by atoms with Crippen LogP contribution in [0.3, 0.4) is 0 Å². The van der Waals surface area contributed by atoms with Crippen LogP contribution in [0.2, 0.25) is 0 Å². The number of benzene rings is 3. The van der Waals surface area contributed by atoms with E-state index >= 15 is 0 Å². The fourth-order valence-electron chi connectivity index (χ4n) is 3.06. The van der Waals surface area contributed by atoms with Crippen LogP contribution in [-0.4, -0.2) is 5.71 Å². The Morgan fingerprint density at radius 1 is 0.885 bits per heavy atom. The van der Waals surface area contributed by atoms with Crippen molar-refractivity contribution in [1.29, 1.82) is 0 Å². The molecule has 0 bridgehead atoms. The van der Waals surface area contributed by atoms with Crippen LogP contribution in [0, 0.1) is 5.82 Å². The van der Waals surface area contributed by atoms with E-state index in [0.717, 1.165) is 16.8 Å². The van der Waals surface area contributed by atoms with Crippen molar-refractivity contribution in [1.82, 2.24) is 0 Å². The van der Waals surface area contributed by atoms with Crippen LogP contribution in [0.4, 0.5) is 18.9 Å². The van der Waals surface area contributed by atoms with E-state index in [1.54, 1.807) is 29.3 Å². The first-order valence-electron chi connectivity index (χ1n) is 8.20. The van der Waals surface area contributed by atoms with Gasteiger partial charge in [-0.05, 0) is 35.9 Å². The third-order valence-corrected chi connectivity index (χ3v) is 4.35. The van der Waals surface area contributed by atoms with Crippen molar-refractivity contribution in [2.45, 2.75) is 13.0 Å². The summed E-state index contributed by atoms with van der Waals surface area (Å²) in [7, 11) is 0. The minimum atomic E-state index is -2.54. The van der Waals surface area contributed by atoms with Crippen LogP contribution in [-0.2, 0) is 6.54 Å². The largest absolute Gasteiger partial charge is 0.263 e. The third-order valence-electron chi connectivity index (χ3n) is 4.35. The molecule has 1 heterocycles. The van der Waals surface area contributed by atoms with Gasteiger partial charge >= 0.3 is 0 Å². The number of nitrogens with zero attached hydrogens (tertiary/aromatic N) is 2. The second kappa shape index (κ2) is 6.67. The minimum absolute atomic E-state index is 0.0402. The van der Waals surface area contributed by atoms with E-state index in [1.807, 2.05) is 24.3 Å². The summed E-state index contributed by atoms with van der Waals surface area (Å²) in [6, 6.07) is 20.1. The Hall–Kier alpha value is -3.08. The van der Waals surface area contributed by atoms with Gasteiger partial charge in [-0.25, -0.2) is 13.2 Å². The summed E-state index contributed by atoms with van der Waals surface area (Å²) in [5, 5.41) is 6.43. The van der Waals surface area contributed by atoms with E-state index in [1.165, 1.54) is 24.3 Å². The molecule has 130 valence electrons.